The normalized spacial score (nSPS) is 16.0. The lowest BCUT2D eigenvalue weighted by molar-refractivity contribution is 0.0657. The third-order valence-electron chi connectivity index (χ3n) is 4.61. The Kier molecular flexibility index (Phi) is 8.45. The molecule has 0 aliphatic heterocycles. The van der Waals surface area contributed by atoms with Crippen LogP contribution < -0.4 is 10.6 Å². The van der Waals surface area contributed by atoms with Crippen molar-refractivity contribution in [2.24, 2.45) is 4.99 Å². The first-order chi connectivity index (χ1) is 11.7. The molecule has 6 nitrogen and oxygen atoms in total. The standard InChI is InChI=1S/C19H36N4O2/c1-8-14(3)23(7)11-10-21-18(20-9-2)22-13-19(6,24)17-12-15(4)25-16(17)5/h12,14,24H,8-11,13H2,1-7H3,(H2,20,21,22). The Balaban J connectivity index is 2.66. The summed E-state index contributed by atoms with van der Waals surface area (Å²) in [6.07, 6.45) is 1.14. The number of hydrogen-bond acceptors (Lipinski definition) is 4. The molecule has 1 aromatic heterocycles. The van der Waals surface area contributed by atoms with Crippen molar-refractivity contribution in [1.29, 1.82) is 0 Å². The zero-order chi connectivity index (χ0) is 19.0. The van der Waals surface area contributed by atoms with E-state index in [0.717, 1.165) is 49.1 Å². The van der Waals surface area contributed by atoms with Crippen molar-refractivity contribution in [3.63, 3.8) is 0 Å². The second kappa shape index (κ2) is 9.82. The van der Waals surface area contributed by atoms with Crippen LogP contribution in [0.5, 0.6) is 0 Å². The highest BCUT2D eigenvalue weighted by Crippen LogP contribution is 2.27. The highest BCUT2D eigenvalue weighted by Gasteiger charge is 2.27. The smallest absolute Gasteiger partial charge is 0.191 e. The molecule has 0 saturated carbocycles. The number of nitrogens with zero attached hydrogens (tertiary/aromatic N) is 2. The molecule has 6 heteroatoms. The van der Waals surface area contributed by atoms with Crippen LogP contribution in [0, 0.1) is 13.8 Å². The summed E-state index contributed by atoms with van der Waals surface area (Å²) in [5.41, 5.74) is -0.265. The SMILES string of the molecule is CCNC(=NCC(C)(O)c1cc(C)oc1C)NCCN(C)C(C)CC. The molecule has 0 radical (unpaired) electrons. The monoisotopic (exact) mass is 352 g/mol. The van der Waals surface area contributed by atoms with Gasteiger partial charge in [0.05, 0.1) is 6.54 Å². The Labute approximate surface area is 152 Å². The minimum Gasteiger partial charge on any atom is -0.466 e. The van der Waals surface area contributed by atoms with Gasteiger partial charge < -0.3 is 25.1 Å². The lowest BCUT2D eigenvalue weighted by Gasteiger charge is -2.24. The second-order valence-corrected chi connectivity index (χ2v) is 6.96. The summed E-state index contributed by atoms with van der Waals surface area (Å²) in [4.78, 5) is 6.88. The summed E-state index contributed by atoms with van der Waals surface area (Å²) in [6, 6.07) is 2.45. The average Bonchev–Trinajstić information content (AvgIpc) is 2.91. The first-order valence-electron chi connectivity index (χ1n) is 9.23. The number of aliphatic imine (C=N–C) groups is 1. The molecule has 1 aromatic rings. The fraction of sp³-hybridized carbons (Fsp3) is 0.737. The van der Waals surface area contributed by atoms with E-state index in [-0.39, 0.29) is 6.54 Å². The summed E-state index contributed by atoms with van der Waals surface area (Å²) >= 11 is 0. The largest absolute Gasteiger partial charge is 0.466 e. The van der Waals surface area contributed by atoms with Crippen LogP contribution in [0.25, 0.3) is 0 Å². The Morgan fingerprint density at radius 2 is 2.04 bits per heavy atom. The van der Waals surface area contributed by atoms with Crippen molar-refractivity contribution in [2.45, 2.75) is 59.6 Å². The van der Waals surface area contributed by atoms with Gasteiger partial charge in [-0.15, -0.1) is 0 Å². The molecule has 3 N–H and O–H groups in total. The Bertz CT molecular complexity index is 552. The molecule has 2 unspecified atom stereocenters. The summed E-state index contributed by atoms with van der Waals surface area (Å²) in [6.45, 7) is 14.8. The first-order valence-corrected chi connectivity index (χ1v) is 9.23. The summed E-state index contributed by atoms with van der Waals surface area (Å²) in [7, 11) is 2.13. The molecule has 1 rings (SSSR count). The molecule has 0 spiro atoms. The van der Waals surface area contributed by atoms with Crippen LogP contribution >= 0.6 is 0 Å². The van der Waals surface area contributed by atoms with E-state index >= 15 is 0 Å². The van der Waals surface area contributed by atoms with E-state index in [9.17, 15) is 5.11 Å². The van der Waals surface area contributed by atoms with Crippen LogP contribution in [0.3, 0.4) is 0 Å². The number of hydrogen-bond donors (Lipinski definition) is 3. The van der Waals surface area contributed by atoms with Gasteiger partial charge in [0, 0.05) is 31.2 Å². The van der Waals surface area contributed by atoms with E-state index in [4.69, 9.17) is 4.42 Å². The van der Waals surface area contributed by atoms with Gasteiger partial charge in [0.1, 0.15) is 17.1 Å². The Morgan fingerprint density at radius 3 is 2.56 bits per heavy atom. The Hall–Kier alpha value is -1.53. The topological polar surface area (TPSA) is 73.0 Å². The van der Waals surface area contributed by atoms with Crippen molar-refractivity contribution >= 4 is 5.96 Å². The van der Waals surface area contributed by atoms with Crippen LogP contribution in [0.4, 0.5) is 0 Å². The molecule has 0 fully saturated rings. The van der Waals surface area contributed by atoms with Gasteiger partial charge in [-0.05, 0) is 54.2 Å². The molecule has 1 heterocycles. The second-order valence-electron chi connectivity index (χ2n) is 6.96. The summed E-state index contributed by atoms with van der Waals surface area (Å²) in [5.74, 6) is 2.26. The molecule has 0 aliphatic carbocycles. The quantitative estimate of drug-likeness (QED) is 0.470. The minimum absolute atomic E-state index is 0.267. The van der Waals surface area contributed by atoms with E-state index in [1.165, 1.54) is 0 Å². The zero-order valence-electron chi connectivity index (χ0n) is 16.9. The number of likely N-dealkylation sites (N-methyl/N-ethyl adjacent to an activating group) is 1. The van der Waals surface area contributed by atoms with E-state index in [2.05, 4.69) is 41.4 Å². The fourth-order valence-electron chi connectivity index (χ4n) is 2.71. The molecule has 25 heavy (non-hydrogen) atoms. The maximum Gasteiger partial charge on any atom is 0.191 e. The molecule has 2 atom stereocenters. The number of aliphatic hydroxyl groups is 1. The molecular weight excluding hydrogens is 316 g/mol. The van der Waals surface area contributed by atoms with Gasteiger partial charge in [-0.1, -0.05) is 6.92 Å². The molecule has 0 bridgehead atoms. The van der Waals surface area contributed by atoms with Crippen LogP contribution in [-0.2, 0) is 5.60 Å². The van der Waals surface area contributed by atoms with E-state index in [1.54, 1.807) is 6.92 Å². The van der Waals surface area contributed by atoms with Gasteiger partial charge in [0.15, 0.2) is 5.96 Å². The molecule has 144 valence electrons. The number of rotatable bonds is 9. The van der Waals surface area contributed by atoms with Crippen molar-refractivity contribution < 1.29 is 9.52 Å². The molecule has 0 amide bonds. The fourth-order valence-corrected chi connectivity index (χ4v) is 2.71. The summed E-state index contributed by atoms with van der Waals surface area (Å²) in [5, 5.41) is 17.4. The molecule has 0 aliphatic rings. The van der Waals surface area contributed by atoms with Gasteiger partial charge in [-0.2, -0.15) is 0 Å². The van der Waals surface area contributed by atoms with Crippen LogP contribution in [-0.4, -0.2) is 55.2 Å². The van der Waals surface area contributed by atoms with Crippen LogP contribution in [0.2, 0.25) is 0 Å². The Morgan fingerprint density at radius 1 is 1.36 bits per heavy atom. The zero-order valence-corrected chi connectivity index (χ0v) is 16.9. The maximum absolute atomic E-state index is 10.8. The number of aryl methyl sites for hydroxylation is 2. The van der Waals surface area contributed by atoms with Crippen molar-refractivity contribution in [2.75, 3.05) is 33.2 Å². The lowest BCUT2D eigenvalue weighted by atomic mass is 9.96. The minimum atomic E-state index is -1.06. The van der Waals surface area contributed by atoms with E-state index in [0.29, 0.717) is 6.04 Å². The van der Waals surface area contributed by atoms with Gasteiger partial charge in [-0.25, -0.2) is 4.99 Å². The molecule has 0 saturated heterocycles. The first kappa shape index (κ1) is 21.5. The molecular formula is C19H36N4O2. The van der Waals surface area contributed by atoms with Gasteiger partial charge in [-0.3, -0.25) is 0 Å². The van der Waals surface area contributed by atoms with Crippen LogP contribution in [0.1, 0.15) is 51.2 Å². The van der Waals surface area contributed by atoms with E-state index < -0.39 is 5.60 Å². The molecule has 0 aromatic carbocycles. The number of guanidine groups is 1. The third kappa shape index (κ3) is 6.71. The van der Waals surface area contributed by atoms with Gasteiger partial charge >= 0.3 is 0 Å². The third-order valence-corrected chi connectivity index (χ3v) is 4.61. The number of nitrogens with one attached hydrogen (secondary N) is 2. The van der Waals surface area contributed by atoms with Crippen molar-refractivity contribution in [1.82, 2.24) is 15.5 Å². The predicted molar refractivity (Wildman–Crippen MR) is 104 cm³/mol. The predicted octanol–water partition coefficient (Wildman–Crippen LogP) is 2.39. The highest BCUT2D eigenvalue weighted by molar-refractivity contribution is 5.79. The average molecular weight is 353 g/mol. The highest BCUT2D eigenvalue weighted by atomic mass is 16.3. The van der Waals surface area contributed by atoms with Gasteiger partial charge in [0.25, 0.3) is 0 Å². The number of furan rings is 1. The van der Waals surface area contributed by atoms with Gasteiger partial charge in [0.2, 0.25) is 0 Å². The van der Waals surface area contributed by atoms with Crippen molar-refractivity contribution in [3.8, 4) is 0 Å². The van der Waals surface area contributed by atoms with E-state index in [1.807, 2.05) is 26.8 Å². The summed E-state index contributed by atoms with van der Waals surface area (Å²) < 4.78 is 5.53. The van der Waals surface area contributed by atoms with Crippen molar-refractivity contribution in [3.05, 3.63) is 23.2 Å². The lowest BCUT2D eigenvalue weighted by Crippen LogP contribution is -2.43. The maximum atomic E-state index is 10.8. The van der Waals surface area contributed by atoms with Crippen LogP contribution in [0.15, 0.2) is 15.5 Å².